The zero-order valence-corrected chi connectivity index (χ0v) is 10.9. The predicted octanol–water partition coefficient (Wildman–Crippen LogP) is 3.60. The second kappa shape index (κ2) is 4.80. The van der Waals surface area contributed by atoms with Crippen molar-refractivity contribution in [3.8, 4) is 11.3 Å². The van der Waals surface area contributed by atoms with Crippen molar-refractivity contribution in [2.24, 2.45) is 0 Å². The van der Waals surface area contributed by atoms with Gasteiger partial charge in [0.05, 0.1) is 5.02 Å². The Morgan fingerprint density at radius 2 is 2.00 bits per heavy atom. The average Bonchev–Trinajstić information content (AvgIpc) is 2.32. The molecule has 0 aliphatic carbocycles. The minimum Gasteiger partial charge on any atom is -0.371 e. The smallest absolute Gasteiger partial charge is 0.152 e. The monoisotopic (exact) mass is 297 g/mol. The molecule has 0 fully saturated rings. The Balaban J connectivity index is 2.54. The Labute approximate surface area is 107 Å². The number of hydrogen-bond acceptors (Lipinski definition) is 3. The Morgan fingerprint density at radius 1 is 1.25 bits per heavy atom. The van der Waals surface area contributed by atoms with Crippen molar-refractivity contribution in [3.05, 3.63) is 40.1 Å². The predicted molar refractivity (Wildman–Crippen MR) is 69.7 cm³/mol. The number of halogens is 2. The standard InChI is InChI=1S/C11H9BrClN3/c1-14-11-10(15-4-5-16-11)7-2-3-9(13)8(12)6-7/h2-6H,1H3,(H,14,16). The maximum Gasteiger partial charge on any atom is 0.152 e. The van der Waals surface area contributed by atoms with Gasteiger partial charge in [-0.15, -0.1) is 0 Å². The molecule has 1 heterocycles. The second-order valence-corrected chi connectivity index (χ2v) is 4.39. The summed E-state index contributed by atoms with van der Waals surface area (Å²) in [5.41, 5.74) is 1.77. The average molecular weight is 299 g/mol. The van der Waals surface area contributed by atoms with Gasteiger partial charge in [0, 0.05) is 29.5 Å². The molecule has 0 spiro atoms. The lowest BCUT2D eigenvalue weighted by molar-refractivity contribution is 1.19. The molecule has 1 aromatic heterocycles. The highest BCUT2D eigenvalue weighted by Gasteiger charge is 2.07. The number of anilines is 1. The van der Waals surface area contributed by atoms with Gasteiger partial charge in [-0.2, -0.15) is 0 Å². The van der Waals surface area contributed by atoms with E-state index >= 15 is 0 Å². The van der Waals surface area contributed by atoms with Crippen LogP contribution in [-0.2, 0) is 0 Å². The molecule has 1 N–H and O–H groups in total. The van der Waals surface area contributed by atoms with Crippen molar-refractivity contribution in [2.45, 2.75) is 0 Å². The summed E-state index contributed by atoms with van der Waals surface area (Å²) in [5, 5.41) is 3.69. The third kappa shape index (κ3) is 2.18. The summed E-state index contributed by atoms with van der Waals surface area (Å²) in [6, 6.07) is 5.67. The van der Waals surface area contributed by atoms with Crippen LogP contribution in [0.1, 0.15) is 0 Å². The first-order chi connectivity index (χ1) is 7.72. The molecule has 5 heteroatoms. The molecule has 2 rings (SSSR count). The van der Waals surface area contributed by atoms with Gasteiger partial charge >= 0.3 is 0 Å². The first-order valence-electron chi connectivity index (χ1n) is 4.66. The van der Waals surface area contributed by atoms with Gasteiger partial charge in [-0.1, -0.05) is 17.7 Å². The Morgan fingerprint density at radius 3 is 2.69 bits per heavy atom. The molecule has 0 aliphatic heterocycles. The van der Waals surface area contributed by atoms with Crippen LogP contribution in [0.25, 0.3) is 11.3 Å². The van der Waals surface area contributed by atoms with E-state index in [1.165, 1.54) is 0 Å². The normalized spacial score (nSPS) is 10.2. The quantitative estimate of drug-likeness (QED) is 0.920. The van der Waals surface area contributed by atoms with E-state index in [2.05, 4.69) is 31.2 Å². The van der Waals surface area contributed by atoms with Crippen LogP contribution in [0.5, 0.6) is 0 Å². The van der Waals surface area contributed by atoms with Crippen LogP contribution >= 0.6 is 27.5 Å². The molecule has 0 bridgehead atoms. The lowest BCUT2D eigenvalue weighted by atomic mass is 10.1. The van der Waals surface area contributed by atoms with Gasteiger partial charge in [0.25, 0.3) is 0 Å². The maximum atomic E-state index is 5.94. The van der Waals surface area contributed by atoms with Gasteiger partial charge in [-0.3, -0.25) is 4.98 Å². The molecule has 0 radical (unpaired) electrons. The van der Waals surface area contributed by atoms with Crippen LogP contribution in [0.4, 0.5) is 5.82 Å². The van der Waals surface area contributed by atoms with Gasteiger partial charge in [-0.25, -0.2) is 4.98 Å². The number of hydrogen-bond donors (Lipinski definition) is 1. The van der Waals surface area contributed by atoms with E-state index in [4.69, 9.17) is 11.6 Å². The molecule has 0 unspecified atom stereocenters. The largest absolute Gasteiger partial charge is 0.371 e. The third-order valence-electron chi connectivity index (χ3n) is 2.13. The lowest BCUT2D eigenvalue weighted by Crippen LogP contribution is -1.97. The van der Waals surface area contributed by atoms with Crippen LogP contribution in [0.3, 0.4) is 0 Å². The molecule has 1 aromatic carbocycles. The fourth-order valence-corrected chi connectivity index (χ4v) is 1.87. The number of benzene rings is 1. The van der Waals surface area contributed by atoms with Crippen LogP contribution < -0.4 is 5.32 Å². The first-order valence-corrected chi connectivity index (χ1v) is 5.83. The van der Waals surface area contributed by atoms with Gasteiger partial charge < -0.3 is 5.32 Å². The number of nitrogens with zero attached hydrogens (tertiary/aromatic N) is 2. The van der Waals surface area contributed by atoms with E-state index in [0.29, 0.717) is 5.02 Å². The van der Waals surface area contributed by atoms with Crippen LogP contribution in [-0.4, -0.2) is 17.0 Å². The Kier molecular flexibility index (Phi) is 3.41. The zero-order chi connectivity index (χ0) is 11.5. The molecule has 0 atom stereocenters. The highest BCUT2D eigenvalue weighted by atomic mass is 79.9. The summed E-state index contributed by atoms with van der Waals surface area (Å²) in [5.74, 6) is 0.747. The highest BCUT2D eigenvalue weighted by molar-refractivity contribution is 9.10. The lowest BCUT2D eigenvalue weighted by Gasteiger charge is -2.07. The summed E-state index contributed by atoms with van der Waals surface area (Å²) >= 11 is 9.33. The third-order valence-corrected chi connectivity index (χ3v) is 3.34. The van der Waals surface area contributed by atoms with E-state index in [1.807, 2.05) is 25.2 Å². The number of rotatable bonds is 2. The van der Waals surface area contributed by atoms with Crippen LogP contribution in [0, 0.1) is 0 Å². The topological polar surface area (TPSA) is 37.8 Å². The van der Waals surface area contributed by atoms with Gasteiger partial charge in [0.2, 0.25) is 0 Å². The van der Waals surface area contributed by atoms with Crippen molar-refractivity contribution in [2.75, 3.05) is 12.4 Å². The molecule has 3 nitrogen and oxygen atoms in total. The SMILES string of the molecule is CNc1nccnc1-c1ccc(Cl)c(Br)c1. The Bertz CT molecular complexity index is 516. The molecule has 0 aliphatic rings. The fourth-order valence-electron chi connectivity index (χ4n) is 1.38. The molecular weight excluding hydrogens is 289 g/mol. The van der Waals surface area contributed by atoms with Crippen LogP contribution in [0.15, 0.2) is 35.1 Å². The number of nitrogens with one attached hydrogen (secondary N) is 1. The van der Waals surface area contributed by atoms with E-state index in [0.717, 1.165) is 21.5 Å². The molecule has 0 saturated carbocycles. The second-order valence-electron chi connectivity index (χ2n) is 3.13. The van der Waals surface area contributed by atoms with Crippen LogP contribution in [0.2, 0.25) is 5.02 Å². The summed E-state index contributed by atoms with van der Waals surface area (Å²) in [6.45, 7) is 0. The fraction of sp³-hybridized carbons (Fsp3) is 0.0909. The molecular formula is C11H9BrClN3. The van der Waals surface area contributed by atoms with Crippen molar-refractivity contribution < 1.29 is 0 Å². The Hall–Kier alpha value is -1.13. The molecule has 16 heavy (non-hydrogen) atoms. The summed E-state index contributed by atoms with van der Waals surface area (Å²) < 4.78 is 0.847. The molecule has 82 valence electrons. The minimum atomic E-state index is 0.679. The molecule has 0 amide bonds. The summed E-state index contributed by atoms with van der Waals surface area (Å²) in [7, 11) is 1.82. The van der Waals surface area contributed by atoms with E-state index in [9.17, 15) is 0 Å². The summed E-state index contributed by atoms with van der Waals surface area (Å²) in [4.78, 5) is 8.51. The molecule has 0 saturated heterocycles. The van der Waals surface area contributed by atoms with Crippen molar-refractivity contribution in [1.29, 1.82) is 0 Å². The summed E-state index contributed by atoms with van der Waals surface area (Å²) in [6.07, 6.45) is 3.32. The minimum absolute atomic E-state index is 0.679. The number of aromatic nitrogens is 2. The van der Waals surface area contributed by atoms with Crippen molar-refractivity contribution in [1.82, 2.24) is 9.97 Å². The zero-order valence-electron chi connectivity index (χ0n) is 8.54. The van der Waals surface area contributed by atoms with Gasteiger partial charge in [-0.05, 0) is 28.1 Å². The van der Waals surface area contributed by atoms with Crippen molar-refractivity contribution in [3.63, 3.8) is 0 Å². The van der Waals surface area contributed by atoms with E-state index < -0.39 is 0 Å². The van der Waals surface area contributed by atoms with E-state index in [-0.39, 0.29) is 0 Å². The van der Waals surface area contributed by atoms with Gasteiger partial charge in [0.15, 0.2) is 5.82 Å². The molecule has 2 aromatic rings. The maximum absolute atomic E-state index is 5.94. The van der Waals surface area contributed by atoms with Gasteiger partial charge in [0.1, 0.15) is 5.69 Å². The van der Waals surface area contributed by atoms with E-state index in [1.54, 1.807) is 12.4 Å². The highest BCUT2D eigenvalue weighted by Crippen LogP contribution is 2.30. The van der Waals surface area contributed by atoms with Crippen molar-refractivity contribution >= 4 is 33.3 Å². The first kappa shape index (κ1) is 11.4.